The van der Waals surface area contributed by atoms with Crippen LogP contribution in [-0.4, -0.2) is 15.0 Å². The van der Waals surface area contributed by atoms with Gasteiger partial charge in [0.1, 0.15) is 5.69 Å². The van der Waals surface area contributed by atoms with Gasteiger partial charge in [0, 0.05) is 62.8 Å². The number of aryl methyl sites for hydroxylation is 3. The Hall–Kier alpha value is -4.95. The minimum Gasteiger partial charge on any atom is -0.486 e. The Morgan fingerprint density at radius 3 is 2.21 bits per heavy atom. The largest absolute Gasteiger partial charge is 0.486 e. The summed E-state index contributed by atoms with van der Waals surface area (Å²) in [7, 11) is 0. The molecule has 0 saturated heterocycles. The van der Waals surface area contributed by atoms with Crippen molar-refractivity contribution in [2.75, 3.05) is 0 Å². The molecular formula is C56H62IrN4O-2. The fourth-order valence-electron chi connectivity index (χ4n) is 7.84. The first-order valence-corrected chi connectivity index (χ1v) is 20.6. The van der Waals surface area contributed by atoms with Gasteiger partial charge in [-0.25, -0.2) is 4.98 Å². The molecule has 323 valence electrons. The van der Waals surface area contributed by atoms with Gasteiger partial charge < -0.3 is 14.4 Å². The van der Waals surface area contributed by atoms with Crippen LogP contribution in [0.5, 0.6) is 0 Å². The summed E-state index contributed by atoms with van der Waals surface area (Å²) in [5.41, 5.74) is 4.44. The number of hydrogen-bond donors (Lipinski definition) is 0. The van der Waals surface area contributed by atoms with E-state index in [1.807, 2.05) is 12.1 Å². The zero-order chi connectivity index (χ0) is 55.9. The van der Waals surface area contributed by atoms with Crippen LogP contribution in [0.2, 0.25) is 0 Å². The van der Waals surface area contributed by atoms with Crippen molar-refractivity contribution in [3.63, 3.8) is 0 Å². The van der Waals surface area contributed by atoms with Gasteiger partial charge in [-0.1, -0.05) is 103 Å². The third-order valence-corrected chi connectivity index (χ3v) is 11.2. The molecule has 1 radical (unpaired) electrons. The quantitative estimate of drug-likeness (QED) is 0.149. The number of nitrogens with zero attached hydrogens (tertiary/aromatic N) is 4. The van der Waals surface area contributed by atoms with Crippen LogP contribution in [0.15, 0.2) is 83.5 Å². The van der Waals surface area contributed by atoms with Crippen LogP contribution in [0, 0.1) is 50.1 Å². The van der Waals surface area contributed by atoms with Crippen LogP contribution < -0.4 is 0 Å². The molecule has 0 unspecified atom stereocenters. The molecule has 0 amide bonds. The molecule has 0 bridgehead atoms. The van der Waals surface area contributed by atoms with Crippen molar-refractivity contribution in [1.29, 1.82) is 0 Å². The molecule has 6 heteroatoms. The van der Waals surface area contributed by atoms with Crippen LogP contribution >= 0.6 is 0 Å². The summed E-state index contributed by atoms with van der Waals surface area (Å²) in [5, 5.41) is 1.29. The van der Waals surface area contributed by atoms with Crippen LogP contribution in [0.4, 0.5) is 5.69 Å². The van der Waals surface area contributed by atoms with Gasteiger partial charge in [-0.3, -0.25) is 4.85 Å². The Morgan fingerprint density at radius 2 is 1.56 bits per heavy atom. The molecule has 7 aromatic rings. The van der Waals surface area contributed by atoms with Gasteiger partial charge in [-0.15, -0.1) is 42.0 Å². The predicted octanol–water partition coefficient (Wildman–Crippen LogP) is 16.1. The molecule has 4 heterocycles. The van der Waals surface area contributed by atoms with E-state index in [1.54, 1.807) is 90.9 Å². The van der Waals surface area contributed by atoms with Crippen molar-refractivity contribution in [3.8, 4) is 33.6 Å². The van der Waals surface area contributed by atoms with E-state index in [0.29, 0.717) is 79.7 Å². The summed E-state index contributed by atoms with van der Waals surface area (Å²) >= 11 is 0. The first-order chi connectivity index (χ1) is 34.3. The molecule has 0 N–H and O–H groups in total. The maximum Gasteiger partial charge on any atom is 0.216 e. The Morgan fingerprint density at radius 1 is 0.887 bits per heavy atom. The van der Waals surface area contributed by atoms with Gasteiger partial charge >= 0.3 is 0 Å². The van der Waals surface area contributed by atoms with E-state index in [-0.39, 0.29) is 53.6 Å². The molecule has 3 aromatic carbocycles. The molecule has 62 heavy (non-hydrogen) atoms. The molecule has 4 aromatic heterocycles. The number of furan rings is 1. The number of fused-ring (bicyclic) bond motifs is 3. The molecule has 1 saturated carbocycles. The number of rotatable bonds is 7. The van der Waals surface area contributed by atoms with Crippen molar-refractivity contribution in [2.45, 2.75) is 133 Å². The summed E-state index contributed by atoms with van der Waals surface area (Å²) in [6, 6.07) is 24.5. The Kier molecular flexibility index (Phi) is 9.40. The van der Waals surface area contributed by atoms with E-state index in [2.05, 4.69) is 45.8 Å². The average molecular weight is 1010 g/mol. The zero-order valence-corrected chi connectivity index (χ0v) is 39.3. The second kappa shape index (κ2) is 18.8. The number of hydrogen-bond acceptors (Lipinski definition) is 4. The standard InChI is InChI=1S/C38H43N2O.C18H19N2.Ir/c1-22(2)31-18-27(26-14-16-38(7,8)17-15-26)19-32(23(3)4)35(31)33-20-34(39-21-24(33)5)30-11-9-10-28-29-13-12-25(6)40-37(29)41-36(28)30;1-13-12-20-17(10-15(13)11-18(2,3)4)14-7-6-8-16(9-14)19-5;/h9-10,12-13,18-23,26H,14-17H2,1-8H3;6,8-10,12H,11H2,1-4H3;/q2*-1;/i5D3,6D3,22D,23D,26D;1D3,11D2;. The second-order valence-corrected chi connectivity index (χ2v) is 18.1. The molecule has 1 aliphatic rings. The van der Waals surface area contributed by atoms with Gasteiger partial charge in [0.15, 0.2) is 0 Å². The number of aromatic nitrogens is 3. The van der Waals surface area contributed by atoms with E-state index < -0.39 is 50.0 Å². The van der Waals surface area contributed by atoms with Crippen molar-refractivity contribution in [1.82, 2.24) is 15.0 Å². The van der Waals surface area contributed by atoms with Crippen LogP contribution in [0.3, 0.4) is 0 Å². The molecule has 1 aliphatic carbocycles. The minimum atomic E-state index is -2.58. The summed E-state index contributed by atoms with van der Waals surface area (Å²) in [4.78, 5) is 16.4. The van der Waals surface area contributed by atoms with Gasteiger partial charge in [-0.05, 0) is 144 Å². The summed E-state index contributed by atoms with van der Waals surface area (Å²) in [6.07, 6.45) is 3.70. The van der Waals surface area contributed by atoms with E-state index in [9.17, 15) is 4.11 Å². The Labute approximate surface area is 404 Å². The molecule has 0 atom stereocenters. The monoisotopic (exact) mass is 1010 g/mol. The first kappa shape index (κ1) is 31.0. The van der Waals surface area contributed by atoms with E-state index in [0.717, 1.165) is 18.4 Å². The fourth-order valence-corrected chi connectivity index (χ4v) is 7.84. The summed E-state index contributed by atoms with van der Waals surface area (Å²) in [5.74, 6) is -3.34. The predicted molar refractivity (Wildman–Crippen MR) is 254 cm³/mol. The number of benzene rings is 3. The zero-order valence-electron chi connectivity index (χ0n) is 50.9. The summed E-state index contributed by atoms with van der Waals surface area (Å²) < 4.78 is 124. The van der Waals surface area contributed by atoms with Crippen LogP contribution in [0.1, 0.15) is 164 Å². The summed E-state index contributed by atoms with van der Waals surface area (Å²) in [6.45, 7) is 16.2. The normalized spacial score (nSPS) is 19.2. The van der Waals surface area contributed by atoms with E-state index >= 15 is 0 Å². The molecule has 1 fully saturated rings. The van der Waals surface area contributed by atoms with Crippen LogP contribution in [0.25, 0.3) is 60.6 Å². The maximum atomic E-state index is 9.60. The first-order valence-electron chi connectivity index (χ1n) is 27.6. The third kappa shape index (κ3) is 10.3. The third-order valence-electron chi connectivity index (χ3n) is 11.2. The molecule has 8 rings (SSSR count). The van der Waals surface area contributed by atoms with Crippen molar-refractivity contribution in [3.05, 3.63) is 142 Å². The molecule has 0 spiro atoms. The fraction of sp³-hybridized carbons (Fsp3) is 0.393. The maximum absolute atomic E-state index is 9.60. The molecule has 0 aliphatic heterocycles. The van der Waals surface area contributed by atoms with E-state index in [4.69, 9.17) is 26.1 Å². The average Bonchev–Trinajstić information content (AvgIpc) is 3.69. The van der Waals surface area contributed by atoms with E-state index in [1.165, 1.54) is 24.5 Å². The molecule has 5 nitrogen and oxygen atoms in total. The molecular weight excluding hydrogens is 937 g/mol. The Bertz CT molecular complexity index is 3300. The second-order valence-electron chi connectivity index (χ2n) is 18.1. The van der Waals surface area contributed by atoms with Gasteiger partial charge in [0.05, 0.1) is 12.2 Å². The van der Waals surface area contributed by atoms with Crippen molar-refractivity contribution in [2.24, 2.45) is 10.8 Å². The smallest absolute Gasteiger partial charge is 0.216 e. The van der Waals surface area contributed by atoms with Gasteiger partial charge in [-0.2, -0.15) is 6.07 Å². The SMILES string of the molecule is [2H]C([2H])([2H])c1ccc2c(n1)oc1c(-c3cc(-c4c(C([2H])(C)C)cc(C5([2H])CCC(C)(C)CC5)cc4C([2H])(C)C)c(C([2H])([2H])[2H])cn3)[c-]ccc12.[2H]C([2H])([2H])c1cnc(-c2[c-]ccc([N+]#[C-])c2)cc1C([2H])([2H])C(C)(C)C.[Ir]. The number of pyridine rings is 3. The topological polar surface area (TPSA) is 56.2 Å². The van der Waals surface area contributed by atoms with Crippen molar-refractivity contribution < 1.29 is 43.7 Å². The van der Waals surface area contributed by atoms with Gasteiger partial charge in [0.25, 0.3) is 0 Å². The van der Waals surface area contributed by atoms with Crippen molar-refractivity contribution >= 4 is 27.8 Å². The Balaban J connectivity index is 0.000000304. The van der Waals surface area contributed by atoms with Gasteiger partial charge in [0.2, 0.25) is 5.71 Å². The minimum absolute atomic E-state index is 0. The van der Waals surface area contributed by atoms with Crippen LogP contribution in [-0.2, 0) is 26.5 Å².